The van der Waals surface area contributed by atoms with Gasteiger partial charge in [-0.25, -0.2) is 0 Å². The molecule has 92 heavy (non-hydrogen) atoms. The summed E-state index contributed by atoms with van der Waals surface area (Å²) in [5.74, 6) is -0.268. The normalized spacial score (nSPS) is 23.7. The summed E-state index contributed by atoms with van der Waals surface area (Å²) in [5, 5.41) is 87.4. The fourth-order valence-electron chi connectivity index (χ4n) is 10.5. The molecule has 0 aliphatic carbocycles. The fraction of sp³-hybridized carbons (Fsp3) is 0.654. The molecule has 2 aliphatic rings. The summed E-state index contributed by atoms with van der Waals surface area (Å²) in [6.07, 6.45) is 75.8. The third kappa shape index (κ3) is 43.6. The van der Waals surface area contributed by atoms with Crippen LogP contribution >= 0.6 is 0 Å². The molecule has 0 spiro atoms. The second-order valence-electron chi connectivity index (χ2n) is 24.3. The van der Waals surface area contributed by atoms with Crippen molar-refractivity contribution >= 4 is 5.91 Å². The molecule has 0 bridgehead atoms. The Morgan fingerprint density at radius 1 is 0.402 bits per heavy atom. The Bertz CT molecular complexity index is 2150. The molecule has 522 valence electrons. The zero-order valence-electron chi connectivity index (χ0n) is 56.7. The number of carbonyl (C=O) groups excluding carboxylic acids is 1. The molecule has 2 rings (SSSR count). The third-order valence-corrected chi connectivity index (χ3v) is 16.2. The van der Waals surface area contributed by atoms with Crippen molar-refractivity contribution in [3.05, 3.63) is 158 Å². The lowest BCUT2D eigenvalue weighted by atomic mass is 9.97. The SMILES string of the molecule is CC/C=C\C/C=C\C/C=C\C/C=C\C/C=C\C/C=C\C/C=C\C/C=C\C/C=C\C/C=C\CCCCCCCCCCC(=O)NC(COC1OC(CO)C(OC2OC(CO)C(O)C(O)C2O)C(O)C1O)C(O)/C=C/CC/C=C/CC/C=C/CCCCCCCCCCC. The Morgan fingerprint density at radius 2 is 0.761 bits per heavy atom. The van der Waals surface area contributed by atoms with Crippen molar-refractivity contribution in [1.29, 1.82) is 0 Å². The lowest BCUT2D eigenvalue weighted by Gasteiger charge is -2.46. The molecule has 0 aromatic carbocycles. The molecule has 2 fully saturated rings. The number of hydrogen-bond acceptors (Lipinski definition) is 13. The van der Waals surface area contributed by atoms with Crippen LogP contribution in [0.1, 0.15) is 232 Å². The molecule has 0 radical (unpaired) electrons. The van der Waals surface area contributed by atoms with Gasteiger partial charge in [-0.2, -0.15) is 0 Å². The first-order valence-corrected chi connectivity index (χ1v) is 35.7. The van der Waals surface area contributed by atoms with Crippen molar-refractivity contribution < 1.29 is 64.6 Å². The number of carbonyl (C=O) groups is 1. The molecule has 14 nitrogen and oxygen atoms in total. The van der Waals surface area contributed by atoms with Gasteiger partial charge in [0.15, 0.2) is 12.6 Å². The van der Waals surface area contributed by atoms with E-state index in [9.17, 15) is 45.6 Å². The van der Waals surface area contributed by atoms with E-state index in [2.05, 4.69) is 165 Å². The van der Waals surface area contributed by atoms with Crippen LogP contribution < -0.4 is 5.32 Å². The van der Waals surface area contributed by atoms with E-state index in [4.69, 9.17) is 18.9 Å². The van der Waals surface area contributed by atoms with E-state index in [1.54, 1.807) is 6.08 Å². The molecule has 1 amide bonds. The summed E-state index contributed by atoms with van der Waals surface area (Å²) in [7, 11) is 0. The third-order valence-electron chi connectivity index (χ3n) is 16.2. The highest BCUT2D eigenvalue weighted by atomic mass is 16.7. The van der Waals surface area contributed by atoms with E-state index in [1.807, 2.05) is 6.08 Å². The Morgan fingerprint density at radius 3 is 1.20 bits per heavy atom. The number of ether oxygens (including phenoxy) is 4. The number of allylic oxidation sites excluding steroid dienone is 25. The highest BCUT2D eigenvalue weighted by molar-refractivity contribution is 5.76. The number of aliphatic hydroxyl groups excluding tert-OH is 8. The fourth-order valence-corrected chi connectivity index (χ4v) is 10.5. The van der Waals surface area contributed by atoms with Crippen molar-refractivity contribution in [2.75, 3.05) is 19.8 Å². The maximum atomic E-state index is 13.3. The minimum absolute atomic E-state index is 0.250. The standard InChI is InChI=1S/C78H127NO13/c1-3-5-7-9-11-13-15-17-19-21-23-24-25-26-27-28-29-30-31-32-33-34-35-36-37-38-39-40-41-42-44-46-48-50-52-54-56-58-60-62-70(83)79-66(67(82)61-59-57-55-53-51-49-47-45-43-22-20-18-16-14-12-10-8-6-4-2)65-89-77-75(88)73(86)76(69(64-81)91-77)92-78-74(87)72(85)71(84)68(63-80)90-78/h5,7,11,13,17,19,23-24,26-27,29-30,32-33,35-36,38-39,41-43,45,51,53,59,61,66-69,71-78,80-82,84-88H,3-4,6,8-10,12,14-16,18,20-22,25,28,31,34,37,40,44,46-50,52,54-58,60,62-65H2,1-2H3,(H,79,83)/b7-5-,13-11-,19-17-,24-23-,27-26-,30-29-,33-32-,36-35-,39-38-,42-41-,45-43+,53-51+,61-59+. The Balaban J connectivity index is 1.67. The molecule has 14 heteroatoms. The minimum atomic E-state index is -1.80. The number of nitrogens with one attached hydrogen (secondary N) is 1. The summed E-state index contributed by atoms with van der Waals surface area (Å²) in [4.78, 5) is 13.3. The average molecular weight is 1290 g/mol. The summed E-state index contributed by atoms with van der Waals surface area (Å²) >= 11 is 0. The summed E-state index contributed by atoms with van der Waals surface area (Å²) < 4.78 is 22.8. The van der Waals surface area contributed by atoms with Gasteiger partial charge in [0.1, 0.15) is 48.8 Å². The predicted octanol–water partition coefficient (Wildman–Crippen LogP) is 15.0. The van der Waals surface area contributed by atoms with Gasteiger partial charge in [0.05, 0.1) is 32.0 Å². The number of aliphatic hydroxyl groups is 8. The molecule has 0 aromatic heterocycles. The van der Waals surface area contributed by atoms with Gasteiger partial charge in [0.2, 0.25) is 5.91 Å². The van der Waals surface area contributed by atoms with Gasteiger partial charge < -0.3 is 65.1 Å². The summed E-state index contributed by atoms with van der Waals surface area (Å²) in [6.45, 7) is 2.64. The van der Waals surface area contributed by atoms with Crippen LogP contribution in [-0.2, 0) is 23.7 Å². The first kappa shape index (κ1) is 83.7. The molecular weight excluding hydrogens is 1160 g/mol. The Kier molecular flexibility index (Phi) is 54.8. The Labute approximate surface area is 556 Å². The van der Waals surface area contributed by atoms with Gasteiger partial charge in [0.25, 0.3) is 0 Å². The topological polar surface area (TPSA) is 228 Å². The highest BCUT2D eigenvalue weighted by Crippen LogP contribution is 2.30. The average Bonchev–Trinajstić information content (AvgIpc) is 1.05. The van der Waals surface area contributed by atoms with E-state index < -0.39 is 86.8 Å². The van der Waals surface area contributed by atoms with Crippen molar-refractivity contribution in [3.8, 4) is 0 Å². The number of unbranched alkanes of at least 4 members (excludes halogenated alkanes) is 19. The summed E-state index contributed by atoms with van der Waals surface area (Å²) in [5.41, 5.74) is 0. The van der Waals surface area contributed by atoms with E-state index in [0.717, 1.165) is 122 Å². The van der Waals surface area contributed by atoms with Crippen molar-refractivity contribution in [2.45, 2.75) is 306 Å². The quantitative estimate of drug-likeness (QED) is 0.0204. The van der Waals surface area contributed by atoms with Crippen LogP contribution in [0.4, 0.5) is 0 Å². The maximum Gasteiger partial charge on any atom is 0.220 e. The number of amides is 1. The second-order valence-corrected chi connectivity index (χ2v) is 24.3. The van der Waals surface area contributed by atoms with Crippen LogP contribution in [0.2, 0.25) is 0 Å². The molecule has 2 saturated heterocycles. The molecule has 2 heterocycles. The number of hydrogen-bond donors (Lipinski definition) is 9. The van der Waals surface area contributed by atoms with Crippen molar-refractivity contribution in [1.82, 2.24) is 5.32 Å². The highest BCUT2D eigenvalue weighted by Gasteiger charge is 2.51. The molecular formula is C78H127NO13. The molecule has 0 aromatic rings. The Hall–Kier alpha value is -4.39. The van der Waals surface area contributed by atoms with E-state index in [0.29, 0.717) is 12.8 Å². The lowest BCUT2D eigenvalue weighted by molar-refractivity contribution is -0.359. The lowest BCUT2D eigenvalue weighted by Crippen LogP contribution is -2.65. The summed E-state index contributed by atoms with van der Waals surface area (Å²) in [6, 6.07) is -0.955. The minimum Gasteiger partial charge on any atom is -0.394 e. The van der Waals surface area contributed by atoms with Crippen molar-refractivity contribution in [2.24, 2.45) is 0 Å². The first-order chi connectivity index (χ1) is 45.1. The first-order valence-electron chi connectivity index (χ1n) is 35.7. The number of rotatable bonds is 56. The van der Waals surface area contributed by atoms with E-state index in [1.165, 1.54) is 77.0 Å². The van der Waals surface area contributed by atoms with Crippen LogP contribution in [0, 0.1) is 0 Å². The molecule has 2 aliphatic heterocycles. The van der Waals surface area contributed by atoms with Crippen LogP contribution in [0.3, 0.4) is 0 Å². The van der Waals surface area contributed by atoms with Crippen molar-refractivity contribution in [3.63, 3.8) is 0 Å². The van der Waals surface area contributed by atoms with Gasteiger partial charge in [0, 0.05) is 6.42 Å². The van der Waals surface area contributed by atoms with E-state index in [-0.39, 0.29) is 18.9 Å². The zero-order valence-corrected chi connectivity index (χ0v) is 56.7. The predicted molar refractivity (Wildman–Crippen MR) is 377 cm³/mol. The molecule has 12 unspecified atom stereocenters. The maximum absolute atomic E-state index is 13.3. The van der Waals surface area contributed by atoms with Gasteiger partial charge >= 0.3 is 0 Å². The van der Waals surface area contributed by atoms with Gasteiger partial charge in [-0.3, -0.25) is 4.79 Å². The van der Waals surface area contributed by atoms with Crippen LogP contribution in [0.15, 0.2) is 158 Å². The van der Waals surface area contributed by atoms with E-state index >= 15 is 0 Å². The zero-order chi connectivity index (χ0) is 66.6. The van der Waals surface area contributed by atoms with Gasteiger partial charge in [-0.1, -0.05) is 262 Å². The molecule has 9 N–H and O–H groups in total. The molecule has 0 saturated carbocycles. The van der Waals surface area contributed by atoms with Crippen LogP contribution in [0.25, 0.3) is 0 Å². The second kappa shape index (κ2) is 60.3. The molecule has 12 atom stereocenters. The van der Waals surface area contributed by atoms with Gasteiger partial charge in [-0.05, 0) is 122 Å². The van der Waals surface area contributed by atoms with Crippen LogP contribution in [-0.4, -0.2) is 140 Å². The monoisotopic (exact) mass is 1290 g/mol. The van der Waals surface area contributed by atoms with Gasteiger partial charge in [-0.15, -0.1) is 0 Å². The smallest absolute Gasteiger partial charge is 0.220 e. The largest absolute Gasteiger partial charge is 0.394 e. The van der Waals surface area contributed by atoms with Crippen LogP contribution in [0.5, 0.6) is 0 Å².